The molecule has 35 heavy (non-hydrogen) atoms. The minimum absolute atomic E-state index is 0.469. The smallest absolute Gasteiger partial charge is 0.161 e. The van der Waals surface area contributed by atoms with E-state index in [9.17, 15) is 20.4 Å². The molecule has 184 valence electrons. The van der Waals surface area contributed by atoms with Crippen molar-refractivity contribution < 1.29 is 34.6 Å². The van der Waals surface area contributed by atoms with Gasteiger partial charge in [-0.25, -0.2) is 0 Å². The Bertz CT molecular complexity index is 1180. The lowest BCUT2D eigenvalue weighted by atomic mass is 9.85. The van der Waals surface area contributed by atoms with Crippen molar-refractivity contribution in [3.05, 3.63) is 82.9 Å². The Balaban J connectivity index is 1.57. The lowest BCUT2D eigenvalue weighted by molar-refractivity contribution is -0.231. The Labute approximate surface area is 204 Å². The van der Waals surface area contributed by atoms with Crippen LogP contribution >= 0.6 is 0 Å². The first-order valence-electron chi connectivity index (χ1n) is 11.8. The highest BCUT2D eigenvalue weighted by atomic mass is 16.6. The van der Waals surface area contributed by atoms with Crippen molar-refractivity contribution in [2.24, 2.45) is 0 Å². The van der Waals surface area contributed by atoms with Crippen molar-refractivity contribution in [2.45, 2.75) is 43.9 Å². The van der Waals surface area contributed by atoms with E-state index in [4.69, 9.17) is 14.2 Å². The molecule has 2 heterocycles. The van der Waals surface area contributed by atoms with Crippen LogP contribution in [-0.2, 0) is 11.2 Å². The van der Waals surface area contributed by atoms with E-state index in [0.29, 0.717) is 25.2 Å². The molecular formula is C28H30O7. The summed E-state index contributed by atoms with van der Waals surface area (Å²) < 4.78 is 17.3. The molecule has 5 rings (SSSR count). The third kappa shape index (κ3) is 4.66. The fraction of sp³-hybridized carbons (Fsp3) is 0.357. The van der Waals surface area contributed by atoms with Crippen LogP contribution in [0, 0.1) is 6.92 Å². The summed E-state index contributed by atoms with van der Waals surface area (Å²) in [6.45, 7) is 2.64. The molecule has 1 saturated heterocycles. The standard InChI is InChI=1S/C28H30O7/c1-16-19(11-17-7-8-22-23(12-17)34-10-9-33-22)13-20(14-21(16)18-5-3-2-4-6-18)28-27(32)26(31)25(30)24(15-29)35-28/h2-8,12-14,24-32H,9-11,15H2,1H3/t24-,25-,26+,27-,28+/m1/s1. The molecule has 0 bridgehead atoms. The minimum Gasteiger partial charge on any atom is -0.486 e. The molecule has 2 aliphatic rings. The highest BCUT2D eigenvalue weighted by Crippen LogP contribution is 2.38. The van der Waals surface area contributed by atoms with Crippen LogP contribution in [0.15, 0.2) is 60.7 Å². The molecule has 0 spiro atoms. The van der Waals surface area contributed by atoms with Gasteiger partial charge in [0.05, 0.1) is 6.61 Å². The second-order valence-corrected chi connectivity index (χ2v) is 9.12. The van der Waals surface area contributed by atoms with E-state index in [-0.39, 0.29) is 0 Å². The average molecular weight is 479 g/mol. The van der Waals surface area contributed by atoms with Crippen LogP contribution in [0.1, 0.15) is 28.4 Å². The number of benzene rings is 3. The van der Waals surface area contributed by atoms with Crippen molar-refractivity contribution in [2.75, 3.05) is 19.8 Å². The minimum atomic E-state index is -1.44. The van der Waals surface area contributed by atoms with Gasteiger partial charge in [0.2, 0.25) is 0 Å². The Hall–Kier alpha value is -2.94. The van der Waals surface area contributed by atoms with Crippen molar-refractivity contribution in [1.29, 1.82) is 0 Å². The summed E-state index contributed by atoms with van der Waals surface area (Å²) in [4.78, 5) is 0. The fourth-order valence-corrected chi connectivity index (χ4v) is 4.86. The van der Waals surface area contributed by atoms with E-state index in [2.05, 4.69) is 6.92 Å². The Kier molecular flexibility index (Phi) is 6.77. The van der Waals surface area contributed by atoms with E-state index < -0.39 is 37.1 Å². The van der Waals surface area contributed by atoms with E-state index in [1.54, 1.807) is 0 Å². The number of hydrogen-bond acceptors (Lipinski definition) is 7. The molecule has 0 aliphatic carbocycles. The Morgan fingerprint density at radius 3 is 2.31 bits per heavy atom. The number of aliphatic hydroxyl groups excluding tert-OH is 4. The number of fused-ring (bicyclic) bond motifs is 1. The maximum absolute atomic E-state index is 10.8. The van der Waals surface area contributed by atoms with Gasteiger partial charge in [-0.05, 0) is 64.9 Å². The van der Waals surface area contributed by atoms with Crippen LogP contribution in [0.5, 0.6) is 11.5 Å². The monoisotopic (exact) mass is 478 g/mol. The van der Waals surface area contributed by atoms with Gasteiger partial charge >= 0.3 is 0 Å². The number of hydrogen-bond donors (Lipinski definition) is 4. The van der Waals surface area contributed by atoms with Crippen LogP contribution < -0.4 is 9.47 Å². The number of rotatable bonds is 5. The molecule has 7 nitrogen and oxygen atoms in total. The van der Waals surface area contributed by atoms with Crippen LogP contribution in [0.3, 0.4) is 0 Å². The fourth-order valence-electron chi connectivity index (χ4n) is 4.86. The molecule has 7 heteroatoms. The van der Waals surface area contributed by atoms with Crippen LogP contribution in [0.4, 0.5) is 0 Å². The molecule has 4 N–H and O–H groups in total. The molecule has 0 unspecified atom stereocenters. The van der Waals surface area contributed by atoms with Crippen molar-refractivity contribution in [3.63, 3.8) is 0 Å². The van der Waals surface area contributed by atoms with Crippen LogP contribution in [0.25, 0.3) is 11.1 Å². The molecule has 0 aromatic heterocycles. The van der Waals surface area contributed by atoms with Crippen molar-refractivity contribution >= 4 is 0 Å². The van der Waals surface area contributed by atoms with E-state index >= 15 is 0 Å². The van der Waals surface area contributed by atoms with Gasteiger partial charge in [-0.2, -0.15) is 0 Å². The Morgan fingerprint density at radius 2 is 1.57 bits per heavy atom. The van der Waals surface area contributed by atoms with Gasteiger partial charge in [-0.3, -0.25) is 0 Å². The molecule has 2 aliphatic heterocycles. The molecule has 0 amide bonds. The third-order valence-electron chi connectivity index (χ3n) is 6.84. The predicted octanol–water partition coefficient (Wildman–Crippen LogP) is 2.54. The maximum Gasteiger partial charge on any atom is 0.161 e. The van der Waals surface area contributed by atoms with Gasteiger partial charge in [0.15, 0.2) is 11.5 Å². The summed E-state index contributed by atoms with van der Waals surface area (Å²) in [6, 6.07) is 19.8. The van der Waals surface area contributed by atoms with Gasteiger partial charge in [-0.15, -0.1) is 0 Å². The summed E-state index contributed by atoms with van der Waals surface area (Å²) in [5.41, 5.74) is 5.81. The first kappa shape index (κ1) is 23.8. The van der Waals surface area contributed by atoms with Gasteiger partial charge in [0.25, 0.3) is 0 Å². The molecule has 3 aromatic rings. The van der Waals surface area contributed by atoms with Gasteiger partial charge in [0.1, 0.15) is 43.7 Å². The van der Waals surface area contributed by atoms with Gasteiger partial charge < -0.3 is 34.6 Å². The lowest BCUT2D eigenvalue weighted by Crippen LogP contribution is -2.55. The highest BCUT2D eigenvalue weighted by molar-refractivity contribution is 5.70. The summed E-state index contributed by atoms with van der Waals surface area (Å²) in [5.74, 6) is 1.46. The molecule has 5 atom stereocenters. The van der Waals surface area contributed by atoms with E-state index in [0.717, 1.165) is 39.3 Å². The molecule has 0 saturated carbocycles. The maximum atomic E-state index is 10.8. The topological polar surface area (TPSA) is 109 Å². The molecule has 3 aromatic carbocycles. The zero-order valence-corrected chi connectivity index (χ0v) is 19.5. The summed E-state index contributed by atoms with van der Waals surface area (Å²) in [6.07, 6.45) is -5.46. The van der Waals surface area contributed by atoms with Crippen LogP contribution in [0.2, 0.25) is 0 Å². The summed E-state index contributed by atoms with van der Waals surface area (Å²) in [7, 11) is 0. The first-order valence-corrected chi connectivity index (χ1v) is 11.8. The average Bonchev–Trinajstić information content (AvgIpc) is 2.89. The van der Waals surface area contributed by atoms with Gasteiger partial charge in [0, 0.05) is 0 Å². The van der Waals surface area contributed by atoms with Crippen molar-refractivity contribution in [3.8, 4) is 22.6 Å². The van der Waals surface area contributed by atoms with Crippen molar-refractivity contribution in [1.82, 2.24) is 0 Å². The largest absolute Gasteiger partial charge is 0.486 e. The number of aliphatic hydroxyl groups is 4. The van der Waals surface area contributed by atoms with E-state index in [1.807, 2.05) is 60.7 Å². The zero-order chi connectivity index (χ0) is 24.5. The normalized spacial score (nSPS) is 25.9. The first-order chi connectivity index (χ1) is 17.0. The van der Waals surface area contributed by atoms with Gasteiger partial charge in [-0.1, -0.05) is 42.5 Å². The molecule has 1 fully saturated rings. The predicted molar refractivity (Wildman–Crippen MR) is 130 cm³/mol. The Morgan fingerprint density at radius 1 is 0.829 bits per heavy atom. The molecule has 0 radical (unpaired) electrons. The second-order valence-electron chi connectivity index (χ2n) is 9.12. The lowest BCUT2D eigenvalue weighted by Gasteiger charge is -2.40. The van der Waals surface area contributed by atoms with E-state index in [1.165, 1.54) is 0 Å². The molecular weight excluding hydrogens is 448 g/mol. The highest BCUT2D eigenvalue weighted by Gasteiger charge is 2.44. The number of ether oxygens (including phenoxy) is 3. The second kappa shape index (κ2) is 9.97. The quantitative estimate of drug-likeness (QED) is 0.446. The zero-order valence-electron chi connectivity index (χ0n) is 19.5. The third-order valence-corrected chi connectivity index (χ3v) is 6.84. The summed E-state index contributed by atoms with van der Waals surface area (Å²) in [5, 5.41) is 41.0. The SMILES string of the molecule is Cc1c(Cc2ccc3c(c2)OCCO3)cc([C@@H]2O[C@H](CO)[C@@H](O)[C@H](O)[C@H]2O)cc1-c1ccccc1. The summed E-state index contributed by atoms with van der Waals surface area (Å²) >= 11 is 0. The van der Waals surface area contributed by atoms with Crippen LogP contribution in [-0.4, -0.2) is 64.7 Å².